The van der Waals surface area contributed by atoms with Crippen molar-refractivity contribution in [2.24, 2.45) is 5.73 Å². The Morgan fingerprint density at radius 1 is 1.44 bits per heavy atom. The van der Waals surface area contributed by atoms with Gasteiger partial charge in [0.05, 0.1) is 4.92 Å². The molecule has 16 heavy (non-hydrogen) atoms. The van der Waals surface area contributed by atoms with Crippen LogP contribution in [0.15, 0.2) is 24.3 Å². The second kappa shape index (κ2) is 4.71. The smallest absolute Gasteiger partial charge is 0.321 e. The number of rotatable bonds is 4. The largest absolute Gasteiger partial charge is 0.480 e. The van der Waals surface area contributed by atoms with Crippen molar-refractivity contribution in [2.75, 3.05) is 0 Å². The summed E-state index contributed by atoms with van der Waals surface area (Å²) in [5, 5.41) is 19.1. The summed E-state index contributed by atoms with van der Waals surface area (Å²) in [6.45, 7) is 1.67. The maximum absolute atomic E-state index is 10.7. The van der Waals surface area contributed by atoms with E-state index >= 15 is 0 Å². The molecular weight excluding hydrogens is 212 g/mol. The number of nitro groups is 1. The van der Waals surface area contributed by atoms with Crippen LogP contribution in [-0.2, 0) is 4.79 Å². The lowest BCUT2D eigenvalue weighted by Gasteiger charge is -2.15. The number of non-ortho nitro benzene ring substituents is 1. The number of hydrogen-bond acceptors (Lipinski definition) is 4. The monoisotopic (exact) mass is 224 g/mol. The van der Waals surface area contributed by atoms with Crippen molar-refractivity contribution < 1.29 is 14.8 Å². The van der Waals surface area contributed by atoms with Gasteiger partial charge in [0.2, 0.25) is 0 Å². The van der Waals surface area contributed by atoms with Gasteiger partial charge in [0.1, 0.15) is 6.04 Å². The van der Waals surface area contributed by atoms with Crippen LogP contribution < -0.4 is 5.73 Å². The van der Waals surface area contributed by atoms with Gasteiger partial charge in [0.15, 0.2) is 0 Å². The summed E-state index contributed by atoms with van der Waals surface area (Å²) < 4.78 is 0. The molecule has 0 radical (unpaired) electrons. The topological polar surface area (TPSA) is 106 Å². The number of aliphatic carboxylic acids is 1. The molecular formula is C10H12N2O4. The highest BCUT2D eigenvalue weighted by atomic mass is 16.6. The van der Waals surface area contributed by atoms with Crippen molar-refractivity contribution in [3.8, 4) is 0 Å². The van der Waals surface area contributed by atoms with Crippen molar-refractivity contribution in [1.29, 1.82) is 0 Å². The van der Waals surface area contributed by atoms with E-state index in [0.29, 0.717) is 5.56 Å². The summed E-state index contributed by atoms with van der Waals surface area (Å²) in [4.78, 5) is 20.6. The molecule has 3 N–H and O–H groups in total. The maximum atomic E-state index is 10.7. The second-order valence-electron chi connectivity index (χ2n) is 3.50. The second-order valence-corrected chi connectivity index (χ2v) is 3.50. The van der Waals surface area contributed by atoms with E-state index in [9.17, 15) is 14.9 Å². The average molecular weight is 224 g/mol. The molecule has 1 aromatic rings. The van der Waals surface area contributed by atoms with E-state index in [1.807, 2.05) is 0 Å². The van der Waals surface area contributed by atoms with Crippen LogP contribution in [0.25, 0.3) is 0 Å². The molecule has 2 atom stereocenters. The first-order valence-corrected chi connectivity index (χ1v) is 4.66. The van der Waals surface area contributed by atoms with Crippen LogP contribution in [0, 0.1) is 10.1 Å². The van der Waals surface area contributed by atoms with Crippen LogP contribution in [0.2, 0.25) is 0 Å². The first kappa shape index (κ1) is 12.1. The number of nitrogens with zero attached hydrogens (tertiary/aromatic N) is 1. The van der Waals surface area contributed by atoms with E-state index < -0.39 is 22.9 Å². The lowest BCUT2D eigenvalue weighted by Crippen LogP contribution is -2.35. The van der Waals surface area contributed by atoms with E-state index in [2.05, 4.69) is 0 Å². The fourth-order valence-corrected chi connectivity index (χ4v) is 1.32. The molecule has 0 aromatic heterocycles. The molecule has 0 unspecified atom stereocenters. The molecule has 0 heterocycles. The predicted octanol–water partition coefficient (Wildman–Crippen LogP) is 1.11. The Morgan fingerprint density at radius 2 is 1.94 bits per heavy atom. The standard InChI is InChI=1S/C10H12N2O4/c1-6(9(11)10(13)14)7-2-4-8(5-3-7)12(15)16/h2-6,9H,11H2,1H3,(H,13,14)/t6-,9-/m1/s1. The molecule has 0 bridgehead atoms. The predicted molar refractivity (Wildman–Crippen MR) is 57.1 cm³/mol. The highest BCUT2D eigenvalue weighted by molar-refractivity contribution is 5.74. The van der Waals surface area contributed by atoms with Crippen LogP contribution in [-0.4, -0.2) is 22.0 Å². The minimum Gasteiger partial charge on any atom is -0.480 e. The fraction of sp³-hybridized carbons (Fsp3) is 0.300. The zero-order chi connectivity index (χ0) is 12.3. The number of carbonyl (C=O) groups is 1. The lowest BCUT2D eigenvalue weighted by atomic mass is 9.94. The van der Waals surface area contributed by atoms with Crippen LogP contribution >= 0.6 is 0 Å². The summed E-state index contributed by atoms with van der Waals surface area (Å²) in [7, 11) is 0. The zero-order valence-electron chi connectivity index (χ0n) is 8.66. The van der Waals surface area contributed by atoms with Crippen LogP contribution in [0.3, 0.4) is 0 Å². The minimum atomic E-state index is -1.09. The van der Waals surface area contributed by atoms with E-state index in [0.717, 1.165) is 0 Å². The molecule has 1 rings (SSSR count). The Balaban J connectivity index is 2.89. The zero-order valence-corrected chi connectivity index (χ0v) is 8.66. The van der Waals surface area contributed by atoms with Gasteiger partial charge in [-0.2, -0.15) is 0 Å². The minimum absolute atomic E-state index is 0.0279. The molecule has 0 amide bonds. The van der Waals surface area contributed by atoms with Gasteiger partial charge in [0, 0.05) is 18.1 Å². The van der Waals surface area contributed by atoms with Crippen LogP contribution in [0.4, 0.5) is 5.69 Å². The quantitative estimate of drug-likeness (QED) is 0.588. The van der Waals surface area contributed by atoms with Crippen molar-refractivity contribution in [1.82, 2.24) is 0 Å². The molecule has 0 spiro atoms. The molecule has 0 saturated carbocycles. The number of carboxylic acids is 1. The third-order valence-electron chi connectivity index (χ3n) is 2.45. The number of hydrogen-bond donors (Lipinski definition) is 2. The van der Waals surface area contributed by atoms with Gasteiger partial charge < -0.3 is 10.8 Å². The number of carboxylic acid groups (broad SMARTS) is 1. The molecule has 6 nitrogen and oxygen atoms in total. The Hall–Kier alpha value is -1.95. The van der Waals surface area contributed by atoms with E-state index in [1.165, 1.54) is 24.3 Å². The van der Waals surface area contributed by atoms with Gasteiger partial charge in [-0.3, -0.25) is 14.9 Å². The van der Waals surface area contributed by atoms with Gasteiger partial charge in [-0.25, -0.2) is 0 Å². The number of nitrogens with two attached hydrogens (primary N) is 1. The van der Waals surface area contributed by atoms with Gasteiger partial charge in [-0.15, -0.1) is 0 Å². The Bertz CT molecular complexity index is 402. The summed E-state index contributed by atoms with van der Waals surface area (Å²) >= 11 is 0. The van der Waals surface area contributed by atoms with Crippen molar-refractivity contribution >= 4 is 11.7 Å². The molecule has 6 heteroatoms. The van der Waals surface area contributed by atoms with Gasteiger partial charge in [-0.1, -0.05) is 19.1 Å². The molecule has 0 fully saturated rings. The van der Waals surface area contributed by atoms with Crippen LogP contribution in [0.5, 0.6) is 0 Å². The molecule has 0 saturated heterocycles. The lowest BCUT2D eigenvalue weighted by molar-refractivity contribution is -0.384. The maximum Gasteiger partial charge on any atom is 0.321 e. The third-order valence-corrected chi connectivity index (χ3v) is 2.45. The first-order chi connectivity index (χ1) is 7.43. The van der Waals surface area contributed by atoms with E-state index in [1.54, 1.807) is 6.92 Å². The van der Waals surface area contributed by atoms with Gasteiger partial charge >= 0.3 is 5.97 Å². The molecule has 0 aliphatic carbocycles. The Kier molecular flexibility index (Phi) is 3.57. The molecule has 0 aliphatic rings. The first-order valence-electron chi connectivity index (χ1n) is 4.66. The number of nitro benzene ring substituents is 1. The van der Waals surface area contributed by atoms with Gasteiger partial charge in [-0.05, 0) is 5.56 Å². The summed E-state index contributed by atoms with van der Waals surface area (Å²) in [5.74, 6) is -1.48. The molecule has 86 valence electrons. The third kappa shape index (κ3) is 2.54. The highest BCUT2D eigenvalue weighted by Crippen LogP contribution is 2.21. The van der Waals surface area contributed by atoms with Crippen molar-refractivity contribution in [2.45, 2.75) is 18.9 Å². The normalized spacial score (nSPS) is 14.1. The molecule has 0 aliphatic heterocycles. The van der Waals surface area contributed by atoms with Crippen molar-refractivity contribution in [3.63, 3.8) is 0 Å². The summed E-state index contributed by atoms with van der Waals surface area (Å²) in [6.07, 6.45) is 0. The highest BCUT2D eigenvalue weighted by Gasteiger charge is 2.21. The average Bonchev–Trinajstić information content (AvgIpc) is 2.27. The number of benzene rings is 1. The van der Waals surface area contributed by atoms with Crippen LogP contribution in [0.1, 0.15) is 18.4 Å². The van der Waals surface area contributed by atoms with E-state index in [4.69, 9.17) is 10.8 Å². The fourth-order valence-electron chi connectivity index (χ4n) is 1.32. The van der Waals surface area contributed by atoms with Crippen molar-refractivity contribution in [3.05, 3.63) is 39.9 Å². The Morgan fingerprint density at radius 3 is 2.31 bits per heavy atom. The summed E-state index contributed by atoms with van der Waals surface area (Å²) in [6, 6.07) is 4.69. The Labute approximate surface area is 91.8 Å². The molecule has 1 aromatic carbocycles. The SMILES string of the molecule is C[C@H](c1ccc([N+](=O)[O-])cc1)[C@@H](N)C(=O)O. The summed E-state index contributed by atoms with van der Waals surface area (Å²) in [5.41, 5.74) is 6.10. The van der Waals surface area contributed by atoms with Gasteiger partial charge in [0.25, 0.3) is 5.69 Å². The van der Waals surface area contributed by atoms with E-state index in [-0.39, 0.29) is 5.69 Å².